The molecule has 1 saturated heterocycles. The lowest BCUT2D eigenvalue weighted by Gasteiger charge is -2.39. The van der Waals surface area contributed by atoms with E-state index in [0.29, 0.717) is 18.5 Å². The number of hydrogen-bond acceptors (Lipinski definition) is 3. The highest BCUT2D eigenvalue weighted by molar-refractivity contribution is 5.78. The van der Waals surface area contributed by atoms with Crippen molar-refractivity contribution >= 4 is 5.91 Å². The summed E-state index contributed by atoms with van der Waals surface area (Å²) in [5, 5.41) is 3.29. The number of piperazine rings is 1. The van der Waals surface area contributed by atoms with Crippen LogP contribution in [0.5, 0.6) is 0 Å². The first-order chi connectivity index (χ1) is 9.08. The van der Waals surface area contributed by atoms with E-state index in [2.05, 4.69) is 31.1 Å². The molecular weight excluding hydrogens is 238 g/mol. The fourth-order valence-corrected chi connectivity index (χ4v) is 3.46. The van der Waals surface area contributed by atoms with Crippen molar-refractivity contribution in [2.45, 2.75) is 39.2 Å². The van der Waals surface area contributed by atoms with E-state index in [1.807, 2.05) is 4.90 Å². The van der Waals surface area contributed by atoms with Gasteiger partial charge in [0.2, 0.25) is 5.91 Å². The van der Waals surface area contributed by atoms with Gasteiger partial charge in [0.1, 0.15) is 0 Å². The lowest BCUT2D eigenvalue weighted by atomic mass is 9.79. The number of likely N-dealkylation sites (N-methyl/N-ethyl adjacent to an activating group) is 1. The standard InChI is InChI=1S/C15H29N3O/c1-12-4-5-13(2)14(10-12)17(3)11-15(19)18-8-6-16-7-9-18/h12-14,16H,4-11H2,1-3H3. The summed E-state index contributed by atoms with van der Waals surface area (Å²) >= 11 is 0. The summed E-state index contributed by atoms with van der Waals surface area (Å²) in [6.07, 6.45) is 3.89. The Morgan fingerprint density at radius 2 is 1.95 bits per heavy atom. The average Bonchev–Trinajstić information content (AvgIpc) is 2.42. The van der Waals surface area contributed by atoms with Crippen LogP contribution >= 0.6 is 0 Å². The number of hydrogen-bond donors (Lipinski definition) is 1. The van der Waals surface area contributed by atoms with E-state index in [1.54, 1.807) is 0 Å². The van der Waals surface area contributed by atoms with Crippen LogP contribution in [-0.2, 0) is 4.79 Å². The maximum atomic E-state index is 12.3. The smallest absolute Gasteiger partial charge is 0.236 e. The van der Waals surface area contributed by atoms with E-state index < -0.39 is 0 Å². The predicted molar refractivity (Wildman–Crippen MR) is 78.0 cm³/mol. The van der Waals surface area contributed by atoms with Crippen LogP contribution in [-0.4, -0.2) is 61.5 Å². The van der Waals surface area contributed by atoms with E-state index in [-0.39, 0.29) is 0 Å². The molecule has 19 heavy (non-hydrogen) atoms. The molecule has 3 unspecified atom stereocenters. The van der Waals surface area contributed by atoms with Crippen molar-refractivity contribution < 1.29 is 4.79 Å². The summed E-state index contributed by atoms with van der Waals surface area (Å²) in [5.74, 6) is 1.82. The van der Waals surface area contributed by atoms with Gasteiger partial charge in [-0.15, -0.1) is 0 Å². The van der Waals surface area contributed by atoms with Crippen molar-refractivity contribution in [1.82, 2.24) is 15.1 Å². The third-order valence-corrected chi connectivity index (χ3v) is 4.84. The molecule has 0 bridgehead atoms. The fraction of sp³-hybridized carbons (Fsp3) is 0.933. The molecule has 1 aliphatic heterocycles. The van der Waals surface area contributed by atoms with Gasteiger partial charge < -0.3 is 10.2 Å². The second-order valence-corrected chi connectivity index (χ2v) is 6.51. The molecule has 1 amide bonds. The minimum atomic E-state index is 0.300. The molecule has 0 spiro atoms. The minimum Gasteiger partial charge on any atom is -0.339 e. The van der Waals surface area contributed by atoms with E-state index in [4.69, 9.17) is 0 Å². The Hall–Kier alpha value is -0.610. The van der Waals surface area contributed by atoms with Gasteiger partial charge in [-0.1, -0.05) is 20.3 Å². The molecule has 1 N–H and O–H groups in total. The Balaban J connectivity index is 1.84. The molecule has 110 valence electrons. The minimum absolute atomic E-state index is 0.300. The first kappa shape index (κ1) is 14.8. The number of carbonyl (C=O) groups excluding carboxylic acids is 1. The second-order valence-electron chi connectivity index (χ2n) is 6.51. The van der Waals surface area contributed by atoms with Crippen molar-refractivity contribution in [2.24, 2.45) is 11.8 Å². The maximum absolute atomic E-state index is 12.3. The van der Waals surface area contributed by atoms with Gasteiger partial charge in [0, 0.05) is 32.2 Å². The highest BCUT2D eigenvalue weighted by Gasteiger charge is 2.30. The Morgan fingerprint density at radius 3 is 2.63 bits per heavy atom. The van der Waals surface area contributed by atoms with Crippen molar-refractivity contribution in [1.29, 1.82) is 0 Å². The summed E-state index contributed by atoms with van der Waals surface area (Å²) in [7, 11) is 2.12. The number of nitrogens with zero attached hydrogens (tertiary/aromatic N) is 2. The van der Waals surface area contributed by atoms with Gasteiger partial charge in [-0.05, 0) is 31.7 Å². The zero-order valence-electron chi connectivity index (χ0n) is 12.7. The number of carbonyl (C=O) groups is 1. The van der Waals surface area contributed by atoms with Crippen LogP contribution < -0.4 is 5.32 Å². The summed E-state index contributed by atoms with van der Waals surface area (Å²) < 4.78 is 0. The molecule has 1 heterocycles. The third-order valence-electron chi connectivity index (χ3n) is 4.84. The molecule has 2 fully saturated rings. The van der Waals surface area contributed by atoms with E-state index in [1.165, 1.54) is 19.3 Å². The van der Waals surface area contributed by atoms with Crippen molar-refractivity contribution in [3.8, 4) is 0 Å². The Bertz CT molecular complexity index is 302. The van der Waals surface area contributed by atoms with Gasteiger partial charge in [0.25, 0.3) is 0 Å². The number of nitrogens with one attached hydrogen (secondary N) is 1. The topological polar surface area (TPSA) is 35.6 Å². The molecule has 0 aromatic heterocycles. The molecular formula is C15H29N3O. The zero-order valence-corrected chi connectivity index (χ0v) is 12.7. The molecule has 0 radical (unpaired) electrons. The van der Waals surface area contributed by atoms with Gasteiger partial charge in [0.15, 0.2) is 0 Å². The quantitative estimate of drug-likeness (QED) is 0.834. The monoisotopic (exact) mass is 267 g/mol. The lowest BCUT2D eigenvalue weighted by Crippen LogP contribution is -2.51. The van der Waals surface area contributed by atoms with Gasteiger partial charge in [-0.3, -0.25) is 9.69 Å². The molecule has 2 aliphatic rings. The molecule has 0 aromatic rings. The predicted octanol–water partition coefficient (Wildman–Crippen LogP) is 1.17. The SMILES string of the molecule is CC1CCC(C)C(N(C)CC(=O)N2CCNCC2)C1. The lowest BCUT2D eigenvalue weighted by molar-refractivity contribution is -0.133. The van der Waals surface area contributed by atoms with Gasteiger partial charge in [0.05, 0.1) is 6.54 Å². The van der Waals surface area contributed by atoms with E-state index in [9.17, 15) is 4.79 Å². The van der Waals surface area contributed by atoms with Crippen LogP contribution in [0.15, 0.2) is 0 Å². The van der Waals surface area contributed by atoms with Crippen LogP contribution in [0.2, 0.25) is 0 Å². The molecule has 2 rings (SSSR count). The Kier molecular flexibility index (Phi) is 5.22. The second kappa shape index (κ2) is 6.71. The Morgan fingerprint density at radius 1 is 1.26 bits per heavy atom. The first-order valence-corrected chi connectivity index (χ1v) is 7.76. The summed E-state index contributed by atoms with van der Waals surface area (Å²) in [6.45, 7) is 8.86. The molecule has 0 aromatic carbocycles. The molecule has 4 nitrogen and oxygen atoms in total. The summed E-state index contributed by atoms with van der Waals surface area (Å²) in [6, 6.07) is 0.579. The van der Waals surface area contributed by atoms with Crippen molar-refractivity contribution in [2.75, 3.05) is 39.8 Å². The van der Waals surface area contributed by atoms with Crippen LogP contribution in [0.4, 0.5) is 0 Å². The molecule has 3 atom stereocenters. The van der Waals surface area contributed by atoms with Crippen LogP contribution in [0.25, 0.3) is 0 Å². The van der Waals surface area contributed by atoms with Crippen LogP contribution in [0.1, 0.15) is 33.1 Å². The summed E-state index contributed by atoms with van der Waals surface area (Å²) in [5.41, 5.74) is 0. The maximum Gasteiger partial charge on any atom is 0.236 e. The summed E-state index contributed by atoms with van der Waals surface area (Å²) in [4.78, 5) is 16.6. The van der Waals surface area contributed by atoms with Gasteiger partial charge in [-0.25, -0.2) is 0 Å². The van der Waals surface area contributed by atoms with E-state index >= 15 is 0 Å². The molecule has 4 heteroatoms. The highest BCUT2D eigenvalue weighted by atomic mass is 16.2. The van der Waals surface area contributed by atoms with Gasteiger partial charge in [-0.2, -0.15) is 0 Å². The van der Waals surface area contributed by atoms with Crippen molar-refractivity contribution in [3.63, 3.8) is 0 Å². The number of amides is 1. The first-order valence-electron chi connectivity index (χ1n) is 7.76. The third kappa shape index (κ3) is 3.93. The largest absolute Gasteiger partial charge is 0.339 e. The van der Waals surface area contributed by atoms with Crippen molar-refractivity contribution in [3.05, 3.63) is 0 Å². The normalized spacial score (nSPS) is 32.6. The van der Waals surface area contributed by atoms with Crippen LogP contribution in [0.3, 0.4) is 0 Å². The van der Waals surface area contributed by atoms with Crippen LogP contribution in [0, 0.1) is 11.8 Å². The fourth-order valence-electron chi connectivity index (χ4n) is 3.46. The van der Waals surface area contributed by atoms with Gasteiger partial charge >= 0.3 is 0 Å². The highest BCUT2D eigenvalue weighted by Crippen LogP contribution is 2.31. The number of rotatable bonds is 3. The van der Waals surface area contributed by atoms with E-state index in [0.717, 1.165) is 38.0 Å². The zero-order chi connectivity index (χ0) is 13.8. The molecule has 1 saturated carbocycles. The molecule has 1 aliphatic carbocycles. The average molecular weight is 267 g/mol. The Labute approximate surface area is 117 Å².